The summed E-state index contributed by atoms with van der Waals surface area (Å²) in [5.41, 5.74) is 6.11. The predicted molar refractivity (Wildman–Crippen MR) is 164 cm³/mol. The number of pyridine rings is 2. The van der Waals surface area contributed by atoms with Gasteiger partial charge in [0.15, 0.2) is 0 Å². The van der Waals surface area contributed by atoms with Crippen LogP contribution in [0.4, 0.5) is 5.69 Å². The second-order valence-corrected chi connectivity index (χ2v) is 12.3. The zero-order valence-corrected chi connectivity index (χ0v) is 25.1. The van der Waals surface area contributed by atoms with Gasteiger partial charge in [0.05, 0.1) is 22.1 Å². The quantitative estimate of drug-likeness (QED) is 0.329. The molecule has 41 heavy (non-hydrogen) atoms. The van der Waals surface area contributed by atoms with Gasteiger partial charge in [0, 0.05) is 67.1 Å². The van der Waals surface area contributed by atoms with Gasteiger partial charge in [0.2, 0.25) is 0 Å². The first kappa shape index (κ1) is 27.5. The molecule has 2 fully saturated rings. The van der Waals surface area contributed by atoms with Crippen LogP contribution in [0.5, 0.6) is 5.75 Å². The van der Waals surface area contributed by atoms with Gasteiger partial charge in [-0.05, 0) is 83.3 Å². The predicted octanol–water partition coefficient (Wildman–Crippen LogP) is 5.73. The zero-order valence-electron chi connectivity index (χ0n) is 24.4. The fourth-order valence-electron chi connectivity index (χ4n) is 6.84. The number of hydrogen-bond acceptors (Lipinski definition) is 6. The number of benzene rings is 1. The molecule has 0 aliphatic carbocycles. The molecular formula is C32H37ClN6O2. The summed E-state index contributed by atoms with van der Waals surface area (Å²) in [4.78, 5) is 27.1. The molecule has 0 bridgehead atoms. The van der Waals surface area contributed by atoms with Crippen molar-refractivity contribution in [2.45, 2.75) is 58.5 Å². The van der Waals surface area contributed by atoms with Crippen molar-refractivity contribution in [3.8, 4) is 33.8 Å². The molecule has 3 aromatic heterocycles. The van der Waals surface area contributed by atoms with Crippen LogP contribution < -0.4 is 10.6 Å². The highest BCUT2D eigenvalue weighted by Crippen LogP contribution is 2.43. The monoisotopic (exact) mass is 572 g/mol. The van der Waals surface area contributed by atoms with Crippen molar-refractivity contribution in [3.05, 3.63) is 75.8 Å². The van der Waals surface area contributed by atoms with Gasteiger partial charge in [-0.15, -0.1) is 0 Å². The molecule has 214 valence electrons. The Morgan fingerprint density at radius 2 is 1.83 bits per heavy atom. The van der Waals surface area contributed by atoms with E-state index < -0.39 is 0 Å². The Labute approximate surface area is 245 Å². The van der Waals surface area contributed by atoms with Gasteiger partial charge in [-0.3, -0.25) is 14.5 Å². The Kier molecular flexibility index (Phi) is 6.94. The Bertz CT molecular complexity index is 1690. The minimum atomic E-state index is -0.180. The highest BCUT2D eigenvalue weighted by atomic mass is 35.5. The molecule has 4 aromatic rings. The van der Waals surface area contributed by atoms with Gasteiger partial charge >= 0.3 is 5.69 Å². The van der Waals surface area contributed by atoms with E-state index in [1.165, 1.54) is 28.5 Å². The Hall–Kier alpha value is -3.62. The number of imidazole rings is 1. The van der Waals surface area contributed by atoms with Gasteiger partial charge in [0.25, 0.3) is 0 Å². The van der Waals surface area contributed by atoms with Gasteiger partial charge in [-0.25, -0.2) is 9.78 Å². The molecule has 1 spiro atoms. The fraction of sp³-hybridized carbons (Fsp3) is 0.406. The second kappa shape index (κ2) is 10.3. The maximum Gasteiger partial charge on any atom is 0.332 e. The van der Waals surface area contributed by atoms with E-state index in [2.05, 4.69) is 36.6 Å². The largest absolute Gasteiger partial charge is 0.505 e. The summed E-state index contributed by atoms with van der Waals surface area (Å²) >= 11 is 6.65. The molecule has 5 heterocycles. The van der Waals surface area contributed by atoms with Crippen molar-refractivity contribution < 1.29 is 5.11 Å². The first-order valence-corrected chi connectivity index (χ1v) is 14.7. The van der Waals surface area contributed by atoms with Crippen LogP contribution in [0, 0.1) is 13.8 Å². The third kappa shape index (κ3) is 4.73. The average Bonchev–Trinajstić information content (AvgIpc) is 3.65. The summed E-state index contributed by atoms with van der Waals surface area (Å²) in [7, 11) is 1.70. The van der Waals surface area contributed by atoms with Crippen molar-refractivity contribution in [2.75, 3.05) is 24.5 Å². The smallest absolute Gasteiger partial charge is 0.332 e. The van der Waals surface area contributed by atoms with Crippen LogP contribution in [0.2, 0.25) is 5.02 Å². The molecule has 1 N–H and O–H groups in total. The van der Waals surface area contributed by atoms with Gasteiger partial charge in [-0.1, -0.05) is 17.7 Å². The molecule has 2 aliphatic heterocycles. The van der Waals surface area contributed by atoms with Crippen LogP contribution in [0.25, 0.3) is 28.1 Å². The number of halogens is 1. The van der Waals surface area contributed by atoms with Crippen molar-refractivity contribution in [2.24, 2.45) is 7.05 Å². The van der Waals surface area contributed by atoms with Crippen molar-refractivity contribution in [1.29, 1.82) is 0 Å². The fourth-order valence-corrected chi connectivity index (χ4v) is 7.11. The van der Waals surface area contributed by atoms with Crippen LogP contribution in [0.15, 0.2) is 53.7 Å². The molecule has 0 saturated carbocycles. The minimum Gasteiger partial charge on any atom is -0.505 e. The van der Waals surface area contributed by atoms with E-state index in [1.54, 1.807) is 37.8 Å². The maximum absolute atomic E-state index is 12.4. The lowest BCUT2D eigenvalue weighted by Gasteiger charge is -2.38. The Morgan fingerprint density at radius 1 is 1.02 bits per heavy atom. The summed E-state index contributed by atoms with van der Waals surface area (Å²) in [6, 6.07) is 9.95. The van der Waals surface area contributed by atoms with Crippen molar-refractivity contribution >= 4 is 17.3 Å². The average molecular weight is 573 g/mol. The molecular weight excluding hydrogens is 536 g/mol. The van der Waals surface area contributed by atoms with E-state index in [1.807, 2.05) is 19.1 Å². The molecule has 9 heteroatoms. The second-order valence-electron chi connectivity index (χ2n) is 11.9. The molecule has 2 saturated heterocycles. The highest BCUT2D eigenvalue weighted by molar-refractivity contribution is 6.32. The third-order valence-corrected chi connectivity index (χ3v) is 9.17. The number of aromatic nitrogens is 4. The van der Waals surface area contributed by atoms with E-state index in [-0.39, 0.29) is 17.0 Å². The summed E-state index contributed by atoms with van der Waals surface area (Å²) in [6.45, 7) is 11.7. The first-order chi connectivity index (χ1) is 19.6. The number of likely N-dealkylation sites (tertiary alicyclic amines) is 1. The SMILES string of the molecule is Cc1cc(-c2ccc(-n3ccn(C)c3=O)c(Cl)c2)c(O)c(-c2cnc(C)c(N3CCC4(CCCN4C(C)C)C3)c2)n1. The van der Waals surface area contributed by atoms with Crippen LogP contribution in [-0.4, -0.2) is 60.3 Å². The maximum atomic E-state index is 12.4. The minimum absolute atomic E-state index is 0.0764. The van der Waals surface area contributed by atoms with Crippen LogP contribution in [0.1, 0.15) is 44.5 Å². The standard InChI is InChI=1S/C32H37ClN6O2/c1-20(2)39-11-6-9-32(39)10-12-37(19-32)28-17-24(18-34-22(28)4)29-30(40)25(15-21(3)35-29)23-7-8-27(26(33)16-23)38-14-13-36(5)31(38)41/h7-8,13-18,20,40H,6,9-12,19H2,1-5H3. The molecule has 8 nitrogen and oxygen atoms in total. The van der Waals surface area contributed by atoms with E-state index in [4.69, 9.17) is 21.6 Å². The third-order valence-electron chi connectivity index (χ3n) is 8.87. The normalized spacial score (nSPS) is 19.2. The molecule has 1 unspecified atom stereocenters. The Balaban J connectivity index is 1.35. The van der Waals surface area contributed by atoms with Crippen LogP contribution >= 0.6 is 11.6 Å². The lowest BCUT2D eigenvalue weighted by molar-refractivity contribution is 0.120. The summed E-state index contributed by atoms with van der Waals surface area (Å²) in [6.07, 6.45) is 8.81. The summed E-state index contributed by atoms with van der Waals surface area (Å²) < 4.78 is 3.00. The molecule has 6 rings (SSSR count). The van der Waals surface area contributed by atoms with E-state index >= 15 is 0 Å². The molecule has 1 atom stereocenters. The van der Waals surface area contributed by atoms with Gasteiger partial charge in [0.1, 0.15) is 11.4 Å². The Morgan fingerprint density at radius 3 is 2.54 bits per heavy atom. The first-order valence-electron chi connectivity index (χ1n) is 14.3. The van der Waals surface area contributed by atoms with E-state index in [0.29, 0.717) is 28.0 Å². The zero-order chi connectivity index (χ0) is 29.1. The van der Waals surface area contributed by atoms with E-state index in [9.17, 15) is 9.90 Å². The molecule has 2 aliphatic rings. The van der Waals surface area contributed by atoms with Gasteiger partial charge < -0.3 is 14.6 Å². The summed E-state index contributed by atoms with van der Waals surface area (Å²) in [5.74, 6) is 0.0764. The number of nitrogens with zero attached hydrogens (tertiary/aromatic N) is 6. The number of anilines is 1. The lowest BCUT2D eigenvalue weighted by Crippen LogP contribution is -2.49. The number of rotatable bonds is 5. The van der Waals surface area contributed by atoms with Crippen molar-refractivity contribution in [1.82, 2.24) is 24.0 Å². The highest BCUT2D eigenvalue weighted by Gasteiger charge is 2.47. The topological polar surface area (TPSA) is 79.4 Å². The lowest BCUT2D eigenvalue weighted by atomic mass is 9.94. The number of hydrogen-bond donors (Lipinski definition) is 1. The van der Waals surface area contributed by atoms with Crippen molar-refractivity contribution in [3.63, 3.8) is 0 Å². The number of aromatic hydroxyl groups is 1. The van der Waals surface area contributed by atoms with Crippen LogP contribution in [-0.2, 0) is 7.05 Å². The molecule has 0 radical (unpaired) electrons. The van der Waals surface area contributed by atoms with Crippen LogP contribution in [0.3, 0.4) is 0 Å². The molecule has 0 amide bonds. The van der Waals surface area contributed by atoms with E-state index in [0.717, 1.165) is 47.7 Å². The number of aryl methyl sites for hydroxylation is 3. The summed E-state index contributed by atoms with van der Waals surface area (Å²) in [5, 5.41) is 11.9. The van der Waals surface area contributed by atoms with Gasteiger partial charge in [-0.2, -0.15) is 0 Å². The molecule has 1 aromatic carbocycles.